The molecule has 0 aliphatic carbocycles. The van der Waals surface area contributed by atoms with Gasteiger partial charge in [-0.1, -0.05) is 6.42 Å². The molecule has 0 unspecified atom stereocenters. The van der Waals surface area contributed by atoms with Gasteiger partial charge in [-0.25, -0.2) is 0 Å². The molecule has 3 nitrogen and oxygen atoms in total. The summed E-state index contributed by atoms with van der Waals surface area (Å²) in [5.41, 5.74) is 7.92. The molecule has 1 aromatic heterocycles. The average molecular weight is 165 g/mol. The molecule has 0 aromatic carbocycles. The molecule has 1 saturated heterocycles. The lowest BCUT2D eigenvalue weighted by molar-refractivity contribution is 0.413. The van der Waals surface area contributed by atoms with E-state index in [0.29, 0.717) is 6.04 Å². The van der Waals surface area contributed by atoms with E-state index in [0.717, 1.165) is 12.2 Å². The Morgan fingerprint density at radius 1 is 1.33 bits per heavy atom. The molecule has 1 fully saturated rings. The summed E-state index contributed by atoms with van der Waals surface area (Å²) in [5, 5.41) is 3.46. The van der Waals surface area contributed by atoms with E-state index < -0.39 is 0 Å². The van der Waals surface area contributed by atoms with Crippen LogP contribution >= 0.6 is 0 Å². The van der Waals surface area contributed by atoms with Gasteiger partial charge in [0.15, 0.2) is 0 Å². The molecule has 1 aliphatic rings. The standard InChI is InChI=1S/C9H15N3/c10-8-6-11-5-7(8)9-3-1-2-4-12-9/h5-6,9,11-12H,1-4,10H2/t9-/m0/s1. The van der Waals surface area contributed by atoms with Crippen molar-refractivity contribution in [1.82, 2.24) is 10.3 Å². The van der Waals surface area contributed by atoms with Crippen molar-refractivity contribution in [2.45, 2.75) is 25.3 Å². The number of rotatable bonds is 1. The van der Waals surface area contributed by atoms with E-state index in [-0.39, 0.29) is 0 Å². The van der Waals surface area contributed by atoms with Crippen molar-refractivity contribution >= 4 is 5.69 Å². The summed E-state index contributed by atoms with van der Waals surface area (Å²) in [5.74, 6) is 0. The van der Waals surface area contributed by atoms with Crippen LogP contribution in [0.15, 0.2) is 12.4 Å². The lowest BCUT2D eigenvalue weighted by atomic mass is 9.99. The van der Waals surface area contributed by atoms with Gasteiger partial charge in [-0.15, -0.1) is 0 Å². The summed E-state index contributed by atoms with van der Waals surface area (Å²) in [4.78, 5) is 3.03. The van der Waals surface area contributed by atoms with E-state index in [1.165, 1.54) is 24.8 Å². The van der Waals surface area contributed by atoms with E-state index in [1.54, 1.807) is 0 Å². The molecule has 0 radical (unpaired) electrons. The van der Waals surface area contributed by atoms with Gasteiger partial charge in [-0.2, -0.15) is 0 Å². The van der Waals surface area contributed by atoms with Gasteiger partial charge in [0.2, 0.25) is 0 Å². The highest BCUT2D eigenvalue weighted by molar-refractivity contribution is 5.46. The maximum atomic E-state index is 5.80. The molecule has 1 aliphatic heterocycles. The van der Waals surface area contributed by atoms with Gasteiger partial charge in [0.25, 0.3) is 0 Å². The van der Waals surface area contributed by atoms with Crippen LogP contribution < -0.4 is 11.1 Å². The highest BCUT2D eigenvalue weighted by Gasteiger charge is 2.16. The summed E-state index contributed by atoms with van der Waals surface area (Å²) >= 11 is 0. The Balaban J connectivity index is 2.13. The lowest BCUT2D eigenvalue weighted by Crippen LogP contribution is -2.26. The molecular formula is C9H15N3. The van der Waals surface area contributed by atoms with Crippen molar-refractivity contribution in [1.29, 1.82) is 0 Å². The van der Waals surface area contributed by atoms with Gasteiger partial charge in [-0.05, 0) is 19.4 Å². The van der Waals surface area contributed by atoms with E-state index in [2.05, 4.69) is 10.3 Å². The maximum Gasteiger partial charge on any atom is 0.0540 e. The highest BCUT2D eigenvalue weighted by Crippen LogP contribution is 2.26. The number of H-pyrrole nitrogens is 1. The summed E-state index contributed by atoms with van der Waals surface area (Å²) < 4.78 is 0. The van der Waals surface area contributed by atoms with Crippen LogP contribution in [0.25, 0.3) is 0 Å². The monoisotopic (exact) mass is 165 g/mol. The topological polar surface area (TPSA) is 53.8 Å². The van der Waals surface area contributed by atoms with Crippen LogP contribution in [0.2, 0.25) is 0 Å². The second-order valence-electron chi connectivity index (χ2n) is 3.37. The fraction of sp³-hybridized carbons (Fsp3) is 0.556. The third kappa shape index (κ3) is 1.32. The summed E-state index contributed by atoms with van der Waals surface area (Å²) in [6.07, 6.45) is 7.66. The first kappa shape index (κ1) is 7.68. The second-order valence-corrected chi connectivity index (χ2v) is 3.37. The fourth-order valence-electron chi connectivity index (χ4n) is 1.81. The van der Waals surface area contributed by atoms with Gasteiger partial charge in [0, 0.05) is 24.0 Å². The third-order valence-corrected chi connectivity index (χ3v) is 2.50. The molecule has 2 rings (SSSR count). The van der Waals surface area contributed by atoms with Crippen LogP contribution in [0.3, 0.4) is 0 Å². The number of aromatic amines is 1. The van der Waals surface area contributed by atoms with Gasteiger partial charge < -0.3 is 16.0 Å². The minimum absolute atomic E-state index is 0.477. The summed E-state index contributed by atoms with van der Waals surface area (Å²) in [7, 11) is 0. The van der Waals surface area contributed by atoms with Crippen molar-refractivity contribution in [3.05, 3.63) is 18.0 Å². The van der Waals surface area contributed by atoms with Crippen LogP contribution in [0.1, 0.15) is 30.9 Å². The predicted molar refractivity (Wildman–Crippen MR) is 49.8 cm³/mol. The van der Waals surface area contributed by atoms with Crippen LogP contribution in [0.4, 0.5) is 5.69 Å². The van der Waals surface area contributed by atoms with Gasteiger partial charge in [-0.3, -0.25) is 0 Å². The number of hydrogen-bond donors (Lipinski definition) is 3. The van der Waals surface area contributed by atoms with Crippen molar-refractivity contribution in [2.24, 2.45) is 0 Å². The number of piperidine rings is 1. The van der Waals surface area contributed by atoms with Crippen LogP contribution in [-0.2, 0) is 0 Å². The van der Waals surface area contributed by atoms with Crippen LogP contribution in [-0.4, -0.2) is 11.5 Å². The molecule has 0 amide bonds. The molecule has 1 aromatic rings. The Labute approximate surface area is 72.3 Å². The molecule has 0 bridgehead atoms. The molecule has 12 heavy (non-hydrogen) atoms. The zero-order chi connectivity index (χ0) is 8.39. The Kier molecular flexibility index (Phi) is 2.04. The molecule has 66 valence electrons. The number of nitrogens with two attached hydrogens (primary N) is 1. The van der Waals surface area contributed by atoms with Gasteiger partial charge in [0.05, 0.1) is 5.69 Å². The van der Waals surface area contributed by atoms with Gasteiger partial charge >= 0.3 is 0 Å². The third-order valence-electron chi connectivity index (χ3n) is 2.50. The molecule has 3 heteroatoms. The number of nitrogens with one attached hydrogen (secondary N) is 2. The molecule has 0 saturated carbocycles. The molecule has 1 atom stereocenters. The number of anilines is 1. The minimum atomic E-state index is 0.477. The Bertz CT molecular complexity index is 248. The normalized spacial score (nSPS) is 24.2. The largest absolute Gasteiger partial charge is 0.397 e. The summed E-state index contributed by atoms with van der Waals surface area (Å²) in [6.45, 7) is 1.12. The number of nitrogen functional groups attached to an aromatic ring is 1. The zero-order valence-corrected chi connectivity index (χ0v) is 7.14. The lowest BCUT2D eigenvalue weighted by Gasteiger charge is -2.23. The maximum absolute atomic E-state index is 5.80. The number of aromatic nitrogens is 1. The van der Waals surface area contributed by atoms with Crippen LogP contribution in [0, 0.1) is 0 Å². The van der Waals surface area contributed by atoms with Crippen molar-refractivity contribution < 1.29 is 0 Å². The molecular weight excluding hydrogens is 150 g/mol. The van der Waals surface area contributed by atoms with Crippen molar-refractivity contribution in [3.8, 4) is 0 Å². The second kappa shape index (κ2) is 3.19. The first-order valence-electron chi connectivity index (χ1n) is 4.53. The summed E-state index contributed by atoms with van der Waals surface area (Å²) in [6, 6.07) is 0.477. The first-order chi connectivity index (χ1) is 5.88. The number of hydrogen-bond acceptors (Lipinski definition) is 2. The Hall–Kier alpha value is -0.960. The van der Waals surface area contributed by atoms with E-state index in [1.807, 2.05) is 12.4 Å². The van der Waals surface area contributed by atoms with Crippen molar-refractivity contribution in [3.63, 3.8) is 0 Å². The average Bonchev–Trinajstić information content (AvgIpc) is 2.53. The Morgan fingerprint density at radius 2 is 2.25 bits per heavy atom. The quantitative estimate of drug-likeness (QED) is 0.589. The highest BCUT2D eigenvalue weighted by atomic mass is 14.9. The van der Waals surface area contributed by atoms with Gasteiger partial charge in [0.1, 0.15) is 0 Å². The van der Waals surface area contributed by atoms with E-state index in [4.69, 9.17) is 5.73 Å². The Morgan fingerprint density at radius 3 is 2.83 bits per heavy atom. The molecule has 2 heterocycles. The van der Waals surface area contributed by atoms with E-state index >= 15 is 0 Å². The smallest absolute Gasteiger partial charge is 0.0540 e. The van der Waals surface area contributed by atoms with Crippen molar-refractivity contribution in [2.75, 3.05) is 12.3 Å². The SMILES string of the molecule is Nc1c[nH]cc1[C@@H]1CCCCN1. The molecule has 0 spiro atoms. The van der Waals surface area contributed by atoms with Crippen LogP contribution in [0.5, 0.6) is 0 Å². The first-order valence-corrected chi connectivity index (χ1v) is 4.53. The minimum Gasteiger partial charge on any atom is -0.397 e. The van der Waals surface area contributed by atoms with E-state index in [9.17, 15) is 0 Å². The molecule has 4 N–H and O–H groups in total. The zero-order valence-electron chi connectivity index (χ0n) is 7.14. The fourth-order valence-corrected chi connectivity index (χ4v) is 1.81. The predicted octanol–water partition coefficient (Wildman–Crippen LogP) is 1.41.